The largest absolute Gasteiger partial charge is 0.457 e. The van der Waals surface area contributed by atoms with Crippen molar-refractivity contribution in [2.75, 3.05) is 5.32 Å². The summed E-state index contributed by atoms with van der Waals surface area (Å²) in [5.41, 5.74) is 0.703. The van der Waals surface area contributed by atoms with Crippen molar-refractivity contribution in [2.24, 2.45) is 0 Å². The molecule has 2 aromatic carbocycles. The average Bonchev–Trinajstić information content (AvgIpc) is 3.10. The van der Waals surface area contributed by atoms with E-state index in [0.29, 0.717) is 22.8 Å². The van der Waals surface area contributed by atoms with Crippen molar-refractivity contribution in [1.82, 2.24) is 15.0 Å². The number of H-pyrrole nitrogens is 1. The zero-order valence-electron chi connectivity index (χ0n) is 14.8. The van der Waals surface area contributed by atoms with E-state index in [1.165, 1.54) is 30.3 Å². The fraction of sp³-hybridized carbons (Fsp3) is 0.100. The maximum atomic E-state index is 13.0. The predicted octanol–water partition coefficient (Wildman–Crippen LogP) is 5.52. The van der Waals surface area contributed by atoms with Gasteiger partial charge in [0, 0.05) is 18.0 Å². The minimum atomic E-state index is -4.50. The number of aromatic amines is 1. The highest BCUT2D eigenvalue weighted by atomic mass is 19.4. The second-order valence-corrected chi connectivity index (χ2v) is 6.20. The van der Waals surface area contributed by atoms with Crippen LogP contribution in [0.3, 0.4) is 0 Å². The number of anilines is 1. The van der Waals surface area contributed by atoms with Gasteiger partial charge in [-0.05, 0) is 48.5 Å². The van der Waals surface area contributed by atoms with E-state index in [9.17, 15) is 17.6 Å². The van der Waals surface area contributed by atoms with Crippen LogP contribution in [0, 0.1) is 5.82 Å². The summed E-state index contributed by atoms with van der Waals surface area (Å²) in [7, 11) is 0. The molecule has 148 valence electrons. The van der Waals surface area contributed by atoms with Crippen LogP contribution >= 0.6 is 0 Å². The topological polar surface area (TPSA) is 62.8 Å². The minimum Gasteiger partial charge on any atom is -0.457 e. The van der Waals surface area contributed by atoms with Crippen LogP contribution in [-0.4, -0.2) is 15.0 Å². The molecule has 0 saturated carbocycles. The molecule has 9 heteroatoms. The molecule has 5 nitrogen and oxygen atoms in total. The molecule has 0 bridgehead atoms. The fourth-order valence-electron chi connectivity index (χ4n) is 2.71. The number of aromatic nitrogens is 3. The average molecular weight is 402 g/mol. The fourth-order valence-corrected chi connectivity index (χ4v) is 2.71. The summed E-state index contributed by atoms with van der Waals surface area (Å²) >= 11 is 0. The SMILES string of the molecule is Fc1ccc(Oc2ccc3[nH]c(CNc4ccnc(C(F)(F)F)c4)nc3c2)cc1. The number of fused-ring (bicyclic) bond motifs is 1. The maximum Gasteiger partial charge on any atom is 0.433 e. The normalized spacial score (nSPS) is 11.6. The number of ether oxygens (including phenoxy) is 1. The summed E-state index contributed by atoms with van der Waals surface area (Å²) < 4.78 is 56.9. The Hall–Kier alpha value is -3.62. The van der Waals surface area contributed by atoms with Crippen molar-refractivity contribution in [3.63, 3.8) is 0 Å². The first-order valence-electron chi connectivity index (χ1n) is 8.56. The van der Waals surface area contributed by atoms with Gasteiger partial charge >= 0.3 is 6.18 Å². The third kappa shape index (κ3) is 4.45. The molecule has 0 aliphatic rings. The van der Waals surface area contributed by atoms with Gasteiger partial charge in [0.1, 0.15) is 28.8 Å². The molecule has 0 aliphatic heterocycles. The van der Waals surface area contributed by atoms with E-state index in [1.54, 1.807) is 18.2 Å². The first-order chi connectivity index (χ1) is 13.9. The summed E-state index contributed by atoms with van der Waals surface area (Å²) in [6.07, 6.45) is -3.40. The number of halogens is 4. The van der Waals surface area contributed by atoms with Crippen LogP contribution in [0.2, 0.25) is 0 Å². The van der Waals surface area contributed by atoms with E-state index in [0.717, 1.165) is 17.8 Å². The van der Waals surface area contributed by atoms with Crippen LogP contribution in [0.5, 0.6) is 11.5 Å². The van der Waals surface area contributed by atoms with Crippen LogP contribution < -0.4 is 10.1 Å². The molecular formula is C20H14F4N4O. The zero-order chi connectivity index (χ0) is 20.4. The third-order valence-corrected chi connectivity index (χ3v) is 4.06. The molecule has 2 N–H and O–H groups in total. The molecule has 0 radical (unpaired) electrons. The van der Waals surface area contributed by atoms with Gasteiger partial charge in [-0.3, -0.25) is 4.98 Å². The molecule has 0 aliphatic carbocycles. The molecule has 2 aromatic heterocycles. The molecule has 0 saturated heterocycles. The number of rotatable bonds is 5. The Morgan fingerprint density at radius 1 is 0.966 bits per heavy atom. The number of hydrogen-bond acceptors (Lipinski definition) is 4. The quantitative estimate of drug-likeness (QED) is 0.432. The second kappa shape index (κ2) is 7.42. The van der Waals surface area contributed by atoms with Crippen molar-refractivity contribution in [3.05, 3.63) is 78.1 Å². The summed E-state index contributed by atoms with van der Waals surface area (Å²) in [6, 6.07) is 13.3. The Balaban J connectivity index is 1.47. The highest BCUT2D eigenvalue weighted by molar-refractivity contribution is 5.77. The van der Waals surface area contributed by atoms with Gasteiger partial charge in [0.05, 0.1) is 17.6 Å². The van der Waals surface area contributed by atoms with Crippen LogP contribution in [0.4, 0.5) is 23.2 Å². The van der Waals surface area contributed by atoms with Crippen molar-refractivity contribution < 1.29 is 22.3 Å². The van der Waals surface area contributed by atoms with E-state index in [4.69, 9.17) is 4.74 Å². The lowest BCUT2D eigenvalue weighted by atomic mass is 10.3. The Bertz CT molecular complexity index is 1140. The van der Waals surface area contributed by atoms with Gasteiger partial charge in [-0.1, -0.05) is 0 Å². The number of nitrogens with one attached hydrogen (secondary N) is 2. The molecule has 0 fully saturated rings. The molecule has 0 spiro atoms. The highest BCUT2D eigenvalue weighted by Gasteiger charge is 2.32. The Morgan fingerprint density at radius 2 is 1.72 bits per heavy atom. The van der Waals surface area contributed by atoms with Crippen LogP contribution in [0.15, 0.2) is 60.8 Å². The number of nitrogens with zero attached hydrogens (tertiary/aromatic N) is 2. The third-order valence-electron chi connectivity index (χ3n) is 4.06. The van der Waals surface area contributed by atoms with E-state index in [1.807, 2.05) is 0 Å². The molecular weight excluding hydrogens is 388 g/mol. The van der Waals surface area contributed by atoms with Crippen molar-refractivity contribution in [2.45, 2.75) is 12.7 Å². The van der Waals surface area contributed by atoms with Gasteiger partial charge in [-0.2, -0.15) is 13.2 Å². The summed E-state index contributed by atoms with van der Waals surface area (Å²) in [4.78, 5) is 10.8. The Labute approximate surface area is 162 Å². The predicted molar refractivity (Wildman–Crippen MR) is 99.1 cm³/mol. The van der Waals surface area contributed by atoms with Gasteiger partial charge in [0.2, 0.25) is 0 Å². The van der Waals surface area contributed by atoms with Crippen molar-refractivity contribution in [1.29, 1.82) is 0 Å². The monoisotopic (exact) mass is 402 g/mol. The molecule has 2 heterocycles. The van der Waals surface area contributed by atoms with Crippen LogP contribution in [0.25, 0.3) is 11.0 Å². The van der Waals surface area contributed by atoms with E-state index in [-0.39, 0.29) is 18.0 Å². The number of hydrogen-bond donors (Lipinski definition) is 2. The number of pyridine rings is 1. The van der Waals surface area contributed by atoms with Gasteiger partial charge in [0.15, 0.2) is 0 Å². The summed E-state index contributed by atoms with van der Waals surface area (Å²) in [6.45, 7) is 0.199. The van der Waals surface area contributed by atoms with Crippen LogP contribution in [0.1, 0.15) is 11.5 Å². The number of benzene rings is 2. The lowest BCUT2D eigenvalue weighted by Gasteiger charge is -2.08. The van der Waals surface area contributed by atoms with Crippen molar-refractivity contribution in [3.8, 4) is 11.5 Å². The molecule has 0 amide bonds. The van der Waals surface area contributed by atoms with Crippen molar-refractivity contribution >= 4 is 16.7 Å². The van der Waals surface area contributed by atoms with Gasteiger partial charge in [-0.15, -0.1) is 0 Å². The molecule has 4 aromatic rings. The molecule has 0 atom stereocenters. The van der Waals surface area contributed by atoms with E-state index < -0.39 is 11.9 Å². The smallest absolute Gasteiger partial charge is 0.433 e. The van der Waals surface area contributed by atoms with E-state index in [2.05, 4.69) is 20.3 Å². The van der Waals surface area contributed by atoms with Gasteiger partial charge in [-0.25, -0.2) is 9.37 Å². The number of imidazole rings is 1. The van der Waals surface area contributed by atoms with Gasteiger partial charge < -0.3 is 15.0 Å². The molecule has 4 rings (SSSR count). The number of alkyl halides is 3. The molecule has 0 unspecified atom stereocenters. The van der Waals surface area contributed by atoms with Gasteiger partial charge in [0.25, 0.3) is 0 Å². The lowest BCUT2D eigenvalue weighted by Crippen LogP contribution is -2.09. The second-order valence-electron chi connectivity index (χ2n) is 6.20. The first kappa shape index (κ1) is 18.7. The molecule has 29 heavy (non-hydrogen) atoms. The Morgan fingerprint density at radius 3 is 2.48 bits per heavy atom. The first-order valence-corrected chi connectivity index (χ1v) is 8.56. The summed E-state index contributed by atoms with van der Waals surface area (Å²) in [5, 5.41) is 2.89. The minimum absolute atomic E-state index is 0.199. The standard InChI is InChI=1S/C20H14F4N4O/c21-12-1-3-14(4-2-12)29-15-5-6-16-17(10-15)28-19(27-16)11-26-13-7-8-25-18(9-13)20(22,23)24/h1-10H,11H2,(H,25,26)(H,27,28). The highest BCUT2D eigenvalue weighted by Crippen LogP contribution is 2.29. The maximum absolute atomic E-state index is 13.0. The zero-order valence-corrected chi connectivity index (χ0v) is 14.8. The lowest BCUT2D eigenvalue weighted by molar-refractivity contribution is -0.141. The van der Waals surface area contributed by atoms with E-state index >= 15 is 0 Å². The summed E-state index contributed by atoms with van der Waals surface area (Å²) in [5.74, 6) is 1.21. The van der Waals surface area contributed by atoms with Crippen LogP contribution in [-0.2, 0) is 12.7 Å². The Kier molecular flexibility index (Phi) is 4.79.